The molecule has 0 unspecified atom stereocenters. The molecular weight excluding hydrogens is 314 g/mol. The van der Waals surface area contributed by atoms with Gasteiger partial charge in [0, 0.05) is 19.6 Å². The lowest BCUT2D eigenvalue weighted by Gasteiger charge is -2.11. The van der Waals surface area contributed by atoms with Crippen molar-refractivity contribution in [2.24, 2.45) is 0 Å². The molecule has 4 N–H and O–H groups in total. The van der Waals surface area contributed by atoms with E-state index in [1.54, 1.807) is 7.11 Å². The van der Waals surface area contributed by atoms with Crippen molar-refractivity contribution in [1.29, 1.82) is 0 Å². The molecule has 0 saturated carbocycles. The summed E-state index contributed by atoms with van der Waals surface area (Å²) in [5.74, 6) is 0.966. The van der Waals surface area contributed by atoms with Crippen LogP contribution in [0.25, 0.3) is 0 Å². The van der Waals surface area contributed by atoms with Crippen molar-refractivity contribution in [3.05, 3.63) is 29.5 Å². The van der Waals surface area contributed by atoms with E-state index in [2.05, 4.69) is 25.6 Å². The normalized spacial score (nSPS) is 10.4. The molecule has 0 bridgehead atoms. The molecule has 1 aromatic heterocycles. The fourth-order valence-corrected chi connectivity index (χ4v) is 2.03. The highest BCUT2D eigenvalue weighted by Crippen LogP contribution is 2.27. The zero-order chi connectivity index (χ0) is 17.4. The monoisotopic (exact) mass is 335 g/mol. The summed E-state index contributed by atoms with van der Waals surface area (Å²) in [5.41, 5.74) is 6.48. The molecule has 24 heavy (non-hydrogen) atoms. The number of aromatic nitrogens is 2. The molecule has 0 atom stereocenters. The van der Waals surface area contributed by atoms with Crippen molar-refractivity contribution in [1.82, 2.24) is 20.9 Å². The van der Waals surface area contributed by atoms with Gasteiger partial charge in [-0.1, -0.05) is 6.07 Å². The van der Waals surface area contributed by atoms with Crippen LogP contribution in [0.5, 0.6) is 11.5 Å². The number of ether oxygens (including phenoxy) is 2. The van der Waals surface area contributed by atoms with Crippen LogP contribution in [-0.2, 0) is 6.54 Å². The highest BCUT2D eigenvalue weighted by atomic mass is 16.6. The molecule has 0 aliphatic heterocycles. The first-order chi connectivity index (χ1) is 11.7. The molecule has 9 nitrogen and oxygen atoms in total. The Morgan fingerprint density at radius 1 is 1.29 bits per heavy atom. The van der Waals surface area contributed by atoms with E-state index in [1.807, 2.05) is 25.1 Å². The summed E-state index contributed by atoms with van der Waals surface area (Å²) < 4.78 is 15.2. The molecule has 9 heteroatoms. The number of nitrogens with one attached hydrogen (secondary N) is 2. The van der Waals surface area contributed by atoms with E-state index in [9.17, 15) is 4.79 Å². The number of hydrogen-bond acceptors (Lipinski definition) is 8. The average molecular weight is 335 g/mol. The summed E-state index contributed by atoms with van der Waals surface area (Å²) >= 11 is 0. The maximum absolute atomic E-state index is 11.7. The van der Waals surface area contributed by atoms with Gasteiger partial charge in [0.25, 0.3) is 5.91 Å². The lowest BCUT2D eigenvalue weighted by molar-refractivity contribution is 0.0944. The Balaban J connectivity index is 1.74. The second-order valence-corrected chi connectivity index (χ2v) is 4.85. The first-order valence-electron chi connectivity index (χ1n) is 7.52. The molecule has 0 radical (unpaired) electrons. The Kier molecular flexibility index (Phi) is 6.38. The van der Waals surface area contributed by atoms with E-state index in [4.69, 9.17) is 15.2 Å². The number of methoxy groups -OCH3 is 1. The maximum Gasteiger partial charge on any atom is 0.277 e. The number of nitrogens with two attached hydrogens (primary N) is 1. The Bertz CT molecular complexity index is 674. The molecule has 1 aromatic carbocycles. The van der Waals surface area contributed by atoms with Gasteiger partial charge in [0.1, 0.15) is 0 Å². The number of rotatable bonds is 9. The number of benzene rings is 1. The highest BCUT2D eigenvalue weighted by molar-refractivity contribution is 5.95. The predicted octanol–water partition coefficient (Wildman–Crippen LogP) is 0.579. The number of carbonyl (C=O) groups is 1. The third kappa shape index (κ3) is 4.59. The van der Waals surface area contributed by atoms with Gasteiger partial charge in [0.05, 0.1) is 13.7 Å². The predicted molar refractivity (Wildman–Crippen MR) is 86.9 cm³/mol. The minimum Gasteiger partial charge on any atom is -0.493 e. The number of hydrogen-bond donors (Lipinski definition) is 3. The van der Waals surface area contributed by atoms with Crippen LogP contribution in [0.1, 0.15) is 23.0 Å². The van der Waals surface area contributed by atoms with Crippen molar-refractivity contribution in [3.63, 3.8) is 0 Å². The first-order valence-corrected chi connectivity index (χ1v) is 7.52. The summed E-state index contributed by atoms with van der Waals surface area (Å²) in [5, 5.41) is 12.7. The third-order valence-electron chi connectivity index (χ3n) is 3.17. The van der Waals surface area contributed by atoms with Gasteiger partial charge in [-0.2, -0.15) is 0 Å². The summed E-state index contributed by atoms with van der Waals surface area (Å²) in [7, 11) is 1.61. The number of amides is 1. The van der Waals surface area contributed by atoms with Crippen molar-refractivity contribution >= 4 is 11.7 Å². The van der Waals surface area contributed by atoms with Crippen LogP contribution in [0.3, 0.4) is 0 Å². The largest absolute Gasteiger partial charge is 0.493 e. The average Bonchev–Trinajstić information content (AvgIpc) is 3.02. The van der Waals surface area contributed by atoms with Crippen molar-refractivity contribution in [2.45, 2.75) is 13.5 Å². The van der Waals surface area contributed by atoms with Crippen LogP contribution in [-0.4, -0.2) is 43.0 Å². The summed E-state index contributed by atoms with van der Waals surface area (Å²) in [6, 6.07) is 5.75. The van der Waals surface area contributed by atoms with Gasteiger partial charge in [-0.05, 0) is 34.9 Å². The minimum absolute atomic E-state index is 0.00810. The fraction of sp³-hybridized carbons (Fsp3) is 0.400. The number of nitrogen functional groups attached to an aromatic ring is 1. The van der Waals surface area contributed by atoms with Crippen molar-refractivity contribution in [2.75, 3.05) is 32.5 Å². The smallest absolute Gasteiger partial charge is 0.277 e. The van der Waals surface area contributed by atoms with Crippen LogP contribution in [0.2, 0.25) is 0 Å². The van der Waals surface area contributed by atoms with Gasteiger partial charge in [0.2, 0.25) is 11.5 Å². The van der Waals surface area contributed by atoms with Gasteiger partial charge in [-0.25, -0.2) is 4.63 Å². The van der Waals surface area contributed by atoms with E-state index in [-0.39, 0.29) is 11.5 Å². The topological polar surface area (TPSA) is 125 Å². The summed E-state index contributed by atoms with van der Waals surface area (Å²) in [4.78, 5) is 11.7. The van der Waals surface area contributed by atoms with E-state index < -0.39 is 5.91 Å². The molecule has 130 valence electrons. The zero-order valence-electron chi connectivity index (χ0n) is 13.7. The van der Waals surface area contributed by atoms with Gasteiger partial charge in [-0.15, -0.1) is 0 Å². The summed E-state index contributed by atoms with van der Waals surface area (Å²) in [6.07, 6.45) is 0. The molecule has 0 fully saturated rings. The first kappa shape index (κ1) is 17.5. The molecule has 0 aliphatic rings. The minimum atomic E-state index is -0.418. The second-order valence-electron chi connectivity index (χ2n) is 4.85. The molecular formula is C15H21N5O4. The van der Waals surface area contributed by atoms with E-state index in [0.717, 1.165) is 11.3 Å². The van der Waals surface area contributed by atoms with E-state index in [1.165, 1.54) is 0 Å². The molecule has 1 heterocycles. The molecule has 2 aromatic rings. The van der Waals surface area contributed by atoms with Crippen LogP contribution in [0.15, 0.2) is 22.8 Å². The van der Waals surface area contributed by atoms with Gasteiger partial charge in [0.15, 0.2) is 11.5 Å². The van der Waals surface area contributed by atoms with E-state index >= 15 is 0 Å². The Morgan fingerprint density at radius 3 is 2.79 bits per heavy atom. The number of anilines is 1. The Morgan fingerprint density at radius 2 is 2.12 bits per heavy atom. The number of carbonyl (C=O) groups excluding carboxylic acids is 1. The second kappa shape index (κ2) is 8.73. The third-order valence-corrected chi connectivity index (χ3v) is 3.17. The molecule has 0 spiro atoms. The van der Waals surface area contributed by atoms with Crippen LogP contribution in [0, 0.1) is 0 Å². The highest BCUT2D eigenvalue weighted by Gasteiger charge is 2.14. The quantitative estimate of drug-likeness (QED) is 0.568. The van der Waals surface area contributed by atoms with Crippen molar-refractivity contribution < 1.29 is 18.9 Å². The zero-order valence-corrected chi connectivity index (χ0v) is 13.7. The molecule has 1 amide bonds. The Hall–Kier alpha value is -2.81. The lowest BCUT2D eigenvalue weighted by Crippen LogP contribution is -2.32. The van der Waals surface area contributed by atoms with Gasteiger partial charge in [-0.3, -0.25) is 4.79 Å². The van der Waals surface area contributed by atoms with Crippen LogP contribution >= 0.6 is 0 Å². The number of nitrogens with zero attached hydrogens (tertiary/aromatic N) is 2. The SMILES string of the molecule is CCOc1ccc(CNCCNC(=O)c2nonc2N)cc1OC. The van der Waals surface area contributed by atoms with Crippen LogP contribution in [0.4, 0.5) is 5.82 Å². The summed E-state index contributed by atoms with van der Waals surface area (Å²) in [6.45, 7) is 4.13. The van der Waals surface area contributed by atoms with Gasteiger partial charge >= 0.3 is 0 Å². The Labute approximate surface area is 139 Å². The van der Waals surface area contributed by atoms with Crippen molar-refractivity contribution in [3.8, 4) is 11.5 Å². The van der Waals surface area contributed by atoms with Gasteiger partial charge < -0.3 is 25.8 Å². The standard InChI is InChI=1S/C15H21N5O4/c1-3-23-11-5-4-10(8-12(11)22-2)9-17-6-7-18-15(21)13-14(16)20-24-19-13/h4-5,8,17H,3,6-7,9H2,1-2H3,(H2,16,20)(H,18,21). The maximum atomic E-state index is 11.7. The molecule has 0 saturated heterocycles. The molecule has 0 aliphatic carbocycles. The molecule has 2 rings (SSSR count). The lowest BCUT2D eigenvalue weighted by atomic mass is 10.2. The fourth-order valence-electron chi connectivity index (χ4n) is 2.03. The van der Waals surface area contributed by atoms with Crippen LogP contribution < -0.4 is 25.8 Å². The van der Waals surface area contributed by atoms with E-state index in [0.29, 0.717) is 32.0 Å².